The Balaban J connectivity index is 1.85. The van der Waals surface area contributed by atoms with Crippen molar-refractivity contribution in [3.8, 4) is 17.1 Å². The number of carbonyl (C=O) groups excluding carboxylic acids is 1. The van der Waals surface area contributed by atoms with Gasteiger partial charge in [0.2, 0.25) is 0 Å². The third-order valence-electron chi connectivity index (χ3n) is 4.39. The molecule has 0 aliphatic heterocycles. The van der Waals surface area contributed by atoms with E-state index in [1.807, 2.05) is 48.5 Å². The maximum Gasteiger partial charge on any atom is 0.259 e. The minimum atomic E-state index is -0.349. The molecule has 3 aromatic carbocycles. The number of nitrogens with one attached hydrogen (secondary N) is 1. The van der Waals surface area contributed by atoms with E-state index in [4.69, 9.17) is 9.15 Å². The van der Waals surface area contributed by atoms with Crippen LogP contribution < -0.4 is 15.5 Å². The highest BCUT2D eigenvalue weighted by Crippen LogP contribution is 2.32. The number of hydrogen-bond acceptors (Lipinski definition) is 4. The lowest BCUT2D eigenvalue weighted by molar-refractivity contribution is 0.102. The van der Waals surface area contributed by atoms with E-state index < -0.39 is 0 Å². The number of fused-ring (bicyclic) bond motifs is 1. The Hall–Kier alpha value is -3.86. The van der Waals surface area contributed by atoms with Crippen molar-refractivity contribution in [2.45, 2.75) is 0 Å². The molecule has 0 unspecified atom stereocenters. The zero-order chi connectivity index (χ0) is 19.5. The van der Waals surface area contributed by atoms with Crippen molar-refractivity contribution in [2.24, 2.45) is 0 Å². The van der Waals surface area contributed by atoms with Gasteiger partial charge in [0.05, 0.1) is 18.1 Å². The molecule has 0 atom stereocenters. The number of para-hydroxylation sites is 1. The van der Waals surface area contributed by atoms with Gasteiger partial charge in [0.25, 0.3) is 5.91 Å². The fraction of sp³-hybridized carbons (Fsp3) is 0.0435. The molecule has 5 nitrogen and oxygen atoms in total. The molecule has 1 heterocycles. The van der Waals surface area contributed by atoms with E-state index in [9.17, 15) is 9.59 Å². The number of rotatable bonds is 4. The molecular formula is C23H17NO4. The highest BCUT2D eigenvalue weighted by Gasteiger charge is 2.19. The van der Waals surface area contributed by atoms with E-state index in [1.54, 1.807) is 24.3 Å². The third kappa shape index (κ3) is 3.25. The fourth-order valence-corrected chi connectivity index (χ4v) is 3.04. The molecule has 5 heteroatoms. The lowest BCUT2D eigenvalue weighted by Crippen LogP contribution is -2.14. The van der Waals surface area contributed by atoms with Crippen molar-refractivity contribution in [3.05, 3.63) is 94.6 Å². The van der Waals surface area contributed by atoms with Crippen molar-refractivity contribution < 1.29 is 13.9 Å². The molecule has 28 heavy (non-hydrogen) atoms. The van der Waals surface area contributed by atoms with E-state index >= 15 is 0 Å². The van der Waals surface area contributed by atoms with Crippen LogP contribution in [0.25, 0.3) is 22.3 Å². The van der Waals surface area contributed by atoms with Gasteiger partial charge in [-0.1, -0.05) is 48.5 Å². The van der Waals surface area contributed by atoms with Crippen LogP contribution in [0.3, 0.4) is 0 Å². The minimum absolute atomic E-state index is 0.201. The molecule has 1 aromatic heterocycles. The summed E-state index contributed by atoms with van der Waals surface area (Å²) in [6.07, 6.45) is 0. The van der Waals surface area contributed by atoms with Crippen molar-refractivity contribution in [2.75, 3.05) is 12.4 Å². The summed E-state index contributed by atoms with van der Waals surface area (Å²) in [6.45, 7) is 0. The smallest absolute Gasteiger partial charge is 0.259 e. The first-order valence-corrected chi connectivity index (χ1v) is 8.74. The number of methoxy groups -OCH3 is 1. The van der Waals surface area contributed by atoms with Crippen LogP contribution in [0.4, 0.5) is 5.69 Å². The molecule has 4 rings (SSSR count). The molecule has 0 radical (unpaired) electrons. The quantitative estimate of drug-likeness (QED) is 0.563. The van der Waals surface area contributed by atoms with Gasteiger partial charge in [-0.25, -0.2) is 0 Å². The molecule has 0 saturated carbocycles. The fourth-order valence-electron chi connectivity index (χ4n) is 3.04. The zero-order valence-corrected chi connectivity index (χ0v) is 15.1. The van der Waals surface area contributed by atoms with Crippen molar-refractivity contribution in [3.63, 3.8) is 0 Å². The topological polar surface area (TPSA) is 68.5 Å². The lowest BCUT2D eigenvalue weighted by atomic mass is 10.1. The predicted molar refractivity (Wildman–Crippen MR) is 109 cm³/mol. The summed E-state index contributed by atoms with van der Waals surface area (Å²) in [4.78, 5) is 25.4. The van der Waals surface area contributed by atoms with Crippen molar-refractivity contribution >= 4 is 22.6 Å². The van der Waals surface area contributed by atoms with Crippen LogP contribution in [0.2, 0.25) is 0 Å². The Morgan fingerprint density at radius 1 is 0.929 bits per heavy atom. The zero-order valence-electron chi connectivity index (χ0n) is 15.1. The molecule has 138 valence electrons. The van der Waals surface area contributed by atoms with Gasteiger partial charge in [-0.3, -0.25) is 9.59 Å². The first kappa shape index (κ1) is 17.5. The highest BCUT2D eigenvalue weighted by atomic mass is 16.5. The second-order valence-electron chi connectivity index (χ2n) is 6.18. The second kappa shape index (κ2) is 7.40. The van der Waals surface area contributed by atoms with Crippen molar-refractivity contribution in [1.82, 2.24) is 0 Å². The molecule has 0 aliphatic carbocycles. The van der Waals surface area contributed by atoms with Gasteiger partial charge >= 0.3 is 0 Å². The van der Waals surface area contributed by atoms with E-state index in [2.05, 4.69) is 5.32 Å². The molecule has 0 spiro atoms. The van der Waals surface area contributed by atoms with Gasteiger partial charge in [-0.2, -0.15) is 0 Å². The monoisotopic (exact) mass is 371 g/mol. The van der Waals surface area contributed by atoms with E-state index in [-0.39, 0.29) is 28.2 Å². The number of benzene rings is 3. The van der Waals surface area contributed by atoms with Gasteiger partial charge in [-0.15, -0.1) is 0 Å². The lowest BCUT2D eigenvalue weighted by Gasteiger charge is -2.12. The number of ether oxygens (including phenoxy) is 1. The van der Waals surface area contributed by atoms with Crippen LogP contribution in [0, 0.1) is 0 Å². The van der Waals surface area contributed by atoms with E-state index in [0.29, 0.717) is 16.8 Å². The summed E-state index contributed by atoms with van der Waals surface area (Å²) < 4.78 is 11.5. The summed E-state index contributed by atoms with van der Waals surface area (Å²) in [5.41, 5.74) is 1.76. The molecule has 1 amide bonds. The maximum atomic E-state index is 12.8. The standard InChI is InChI=1S/C23H17NO4/c1-27-21-18(23(26)24-16-10-6-3-7-11-16)13-12-17-19(25)14-20(28-22(17)21)15-8-4-2-5-9-15/h2-14H,1H3,(H,24,26). The molecular weight excluding hydrogens is 354 g/mol. The molecule has 4 aromatic rings. The van der Waals surface area contributed by atoms with Gasteiger partial charge in [0.1, 0.15) is 5.76 Å². The Bertz CT molecular complexity index is 1200. The van der Waals surface area contributed by atoms with Crippen LogP contribution in [0.15, 0.2) is 88.1 Å². The number of amides is 1. The largest absolute Gasteiger partial charge is 0.492 e. The average Bonchev–Trinajstić information content (AvgIpc) is 2.74. The molecule has 0 aliphatic rings. The third-order valence-corrected chi connectivity index (χ3v) is 4.39. The van der Waals surface area contributed by atoms with Crippen LogP contribution in [-0.2, 0) is 0 Å². The number of anilines is 1. The first-order chi connectivity index (χ1) is 13.7. The summed E-state index contributed by atoms with van der Waals surface area (Å²) in [5, 5.41) is 3.17. The summed E-state index contributed by atoms with van der Waals surface area (Å²) in [5.74, 6) is 0.288. The molecule has 0 saturated heterocycles. The Kier molecular flexibility index (Phi) is 4.64. The second-order valence-corrected chi connectivity index (χ2v) is 6.18. The average molecular weight is 371 g/mol. The predicted octanol–water partition coefficient (Wildman–Crippen LogP) is 4.72. The van der Waals surface area contributed by atoms with Gasteiger partial charge in [-0.05, 0) is 24.3 Å². The van der Waals surface area contributed by atoms with Gasteiger partial charge in [0, 0.05) is 17.3 Å². The van der Waals surface area contributed by atoms with Gasteiger partial charge < -0.3 is 14.5 Å². The minimum Gasteiger partial charge on any atom is -0.492 e. The summed E-state index contributed by atoms with van der Waals surface area (Å²) in [7, 11) is 1.45. The summed E-state index contributed by atoms with van der Waals surface area (Å²) in [6, 6.07) is 23.0. The molecule has 0 fully saturated rings. The normalized spacial score (nSPS) is 10.6. The molecule has 1 N–H and O–H groups in total. The van der Waals surface area contributed by atoms with E-state index in [0.717, 1.165) is 5.56 Å². The van der Waals surface area contributed by atoms with Crippen LogP contribution in [0.1, 0.15) is 10.4 Å². The Morgan fingerprint density at radius 2 is 1.61 bits per heavy atom. The number of carbonyl (C=O) groups is 1. The Morgan fingerprint density at radius 3 is 2.29 bits per heavy atom. The summed E-state index contributed by atoms with van der Waals surface area (Å²) >= 11 is 0. The van der Waals surface area contributed by atoms with Crippen LogP contribution in [-0.4, -0.2) is 13.0 Å². The SMILES string of the molecule is COc1c(C(=O)Nc2ccccc2)ccc2c(=O)cc(-c3ccccc3)oc12. The van der Waals surface area contributed by atoms with E-state index in [1.165, 1.54) is 13.2 Å². The van der Waals surface area contributed by atoms with Crippen LogP contribution in [0.5, 0.6) is 5.75 Å². The maximum absolute atomic E-state index is 12.8. The highest BCUT2D eigenvalue weighted by molar-refractivity contribution is 6.09. The molecule has 0 bridgehead atoms. The Labute approximate surface area is 161 Å². The first-order valence-electron chi connectivity index (χ1n) is 8.74. The van der Waals surface area contributed by atoms with Crippen molar-refractivity contribution in [1.29, 1.82) is 0 Å². The van der Waals surface area contributed by atoms with Gasteiger partial charge in [0.15, 0.2) is 16.8 Å². The number of hydrogen-bond donors (Lipinski definition) is 1. The van der Waals surface area contributed by atoms with Crippen LogP contribution >= 0.6 is 0 Å².